The molecule has 31 heavy (non-hydrogen) atoms. The van der Waals surface area contributed by atoms with Crippen molar-refractivity contribution in [3.63, 3.8) is 0 Å². The number of aryl methyl sites for hydroxylation is 1. The monoisotopic (exact) mass is 438 g/mol. The molecule has 1 amide bonds. The first-order chi connectivity index (χ1) is 14.6. The van der Waals surface area contributed by atoms with Crippen LogP contribution >= 0.6 is 0 Å². The van der Waals surface area contributed by atoms with Gasteiger partial charge in [0.1, 0.15) is 0 Å². The van der Waals surface area contributed by atoms with Crippen molar-refractivity contribution in [1.29, 1.82) is 0 Å². The van der Waals surface area contributed by atoms with Gasteiger partial charge in [-0.2, -0.15) is 18.3 Å². The summed E-state index contributed by atoms with van der Waals surface area (Å²) in [5.74, 6) is -2.86. The number of amides is 1. The summed E-state index contributed by atoms with van der Waals surface area (Å²) < 4.78 is 33.4. The Morgan fingerprint density at radius 2 is 1.81 bits per heavy atom. The quantitative estimate of drug-likeness (QED) is 0.768. The molecule has 10 heteroatoms. The predicted octanol–water partition coefficient (Wildman–Crippen LogP) is 3.26. The molecule has 2 aromatic rings. The molecule has 1 aromatic carbocycles. The molecule has 0 bridgehead atoms. The van der Waals surface area contributed by atoms with Crippen LogP contribution in [0, 0.1) is 0 Å². The second-order valence-corrected chi connectivity index (χ2v) is 7.76. The van der Waals surface area contributed by atoms with Gasteiger partial charge in [-0.3, -0.25) is 14.4 Å². The number of carboxylic acids is 1. The van der Waals surface area contributed by atoms with Crippen LogP contribution in [0.25, 0.3) is 0 Å². The van der Waals surface area contributed by atoms with Crippen molar-refractivity contribution >= 4 is 17.6 Å². The summed E-state index contributed by atoms with van der Waals surface area (Å²) in [6.45, 7) is 2.30. The van der Waals surface area contributed by atoms with E-state index in [1.54, 1.807) is 17.1 Å². The second-order valence-electron chi connectivity index (χ2n) is 7.76. The van der Waals surface area contributed by atoms with Gasteiger partial charge in [0.05, 0.1) is 11.8 Å². The fraction of sp³-hybridized carbons (Fsp3) is 0.476. The molecule has 0 unspecified atom stereocenters. The van der Waals surface area contributed by atoms with Crippen molar-refractivity contribution in [3.05, 3.63) is 47.3 Å². The zero-order chi connectivity index (χ0) is 22.6. The molecule has 0 atom stereocenters. The van der Waals surface area contributed by atoms with Gasteiger partial charge in [-0.1, -0.05) is 12.5 Å². The Hall–Kier alpha value is -2.88. The third kappa shape index (κ3) is 6.06. The Morgan fingerprint density at radius 3 is 2.32 bits per heavy atom. The lowest BCUT2D eigenvalue weighted by molar-refractivity contribution is -0.192. The number of carboxylic acid groups (broad SMARTS) is 1. The highest BCUT2D eigenvalue weighted by atomic mass is 19.4. The number of benzene rings is 1. The molecule has 7 nitrogen and oxygen atoms in total. The van der Waals surface area contributed by atoms with E-state index in [-0.39, 0.29) is 5.91 Å². The maximum atomic E-state index is 12.3. The van der Waals surface area contributed by atoms with Gasteiger partial charge in [0.15, 0.2) is 0 Å². The van der Waals surface area contributed by atoms with Crippen molar-refractivity contribution < 1.29 is 27.9 Å². The number of aromatic nitrogens is 2. The van der Waals surface area contributed by atoms with Gasteiger partial charge in [0.25, 0.3) is 5.91 Å². The lowest BCUT2D eigenvalue weighted by Crippen LogP contribution is -2.41. The van der Waals surface area contributed by atoms with Gasteiger partial charge in [0, 0.05) is 38.1 Å². The number of halogens is 3. The first kappa shape index (κ1) is 22.8. The number of carbonyl (C=O) groups is 2. The third-order valence-corrected chi connectivity index (χ3v) is 5.60. The topological polar surface area (TPSA) is 87.5 Å². The summed E-state index contributed by atoms with van der Waals surface area (Å²) in [5.41, 5.74) is 4.26. The number of nitrogens with zero attached hydrogens (tertiary/aromatic N) is 3. The fourth-order valence-corrected chi connectivity index (χ4v) is 3.68. The van der Waals surface area contributed by atoms with Crippen LogP contribution in [0.1, 0.15) is 40.7 Å². The number of anilines is 1. The Kier molecular flexibility index (Phi) is 6.99. The van der Waals surface area contributed by atoms with Crippen LogP contribution in [0.3, 0.4) is 0 Å². The van der Waals surface area contributed by atoms with E-state index in [1.165, 1.54) is 36.9 Å². The van der Waals surface area contributed by atoms with Crippen LogP contribution in [-0.4, -0.2) is 57.0 Å². The molecular weight excluding hydrogens is 413 g/mol. The van der Waals surface area contributed by atoms with Crippen LogP contribution < -0.4 is 5.32 Å². The van der Waals surface area contributed by atoms with Crippen molar-refractivity contribution in [2.24, 2.45) is 7.05 Å². The van der Waals surface area contributed by atoms with Gasteiger partial charge in [-0.25, -0.2) is 4.79 Å². The molecule has 0 saturated heterocycles. The molecule has 0 spiro atoms. The molecule has 4 rings (SSSR count). The Bertz CT molecular complexity index is 938. The zero-order valence-corrected chi connectivity index (χ0v) is 17.2. The van der Waals surface area contributed by atoms with E-state index < -0.39 is 12.1 Å². The van der Waals surface area contributed by atoms with Crippen LogP contribution in [0.4, 0.5) is 18.9 Å². The summed E-state index contributed by atoms with van der Waals surface area (Å²) in [6.07, 6.45) is 4.54. The standard InChI is InChI=1S/C19H24N4O.C2HF3O2/c1-22-13-16(12-20-22)19(24)21-17-6-5-14-7-9-23(18-3-2-4-18)10-8-15(14)11-17;3-2(4,5)1(6)7/h5-6,11-13,18H,2-4,7-10H2,1H3,(H,21,24);(H,6,7). The average Bonchev–Trinajstić information content (AvgIpc) is 2.99. The fourth-order valence-electron chi connectivity index (χ4n) is 3.68. The van der Waals surface area contributed by atoms with Crippen molar-refractivity contribution in [2.45, 2.75) is 44.3 Å². The van der Waals surface area contributed by atoms with E-state index in [0.717, 1.165) is 31.1 Å². The lowest BCUT2D eigenvalue weighted by atomic mass is 9.91. The summed E-state index contributed by atoms with van der Waals surface area (Å²) >= 11 is 0. The van der Waals surface area contributed by atoms with Gasteiger partial charge in [-0.05, 0) is 48.9 Å². The first-order valence-corrected chi connectivity index (χ1v) is 10.1. The average molecular weight is 438 g/mol. The number of aliphatic carboxylic acids is 1. The third-order valence-electron chi connectivity index (χ3n) is 5.60. The summed E-state index contributed by atoms with van der Waals surface area (Å²) in [7, 11) is 1.81. The van der Waals surface area contributed by atoms with Crippen LogP contribution in [0.2, 0.25) is 0 Å². The molecular formula is C21H25F3N4O3. The number of hydrogen-bond donors (Lipinski definition) is 2. The summed E-state index contributed by atoms with van der Waals surface area (Å²) in [5, 5.41) is 14.2. The van der Waals surface area contributed by atoms with Crippen LogP contribution in [-0.2, 0) is 24.7 Å². The van der Waals surface area contributed by atoms with Crippen LogP contribution in [0.5, 0.6) is 0 Å². The molecule has 1 aliphatic carbocycles. The number of fused-ring (bicyclic) bond motifs is 1. The van der Waals surface area contributed by atoms with Gasteiger partial charge in [0.2, 0.25) is 0 Å². The van der Waals surface area contributed by atoms with Crippen molar-refractivity contribution in [3.8, 4) is 0 Å². The van der Waals surface area contributed by atoms with Gasteiger partial charge in [-0.15, -0.1) is 0 Å². The van der Waals surface area contributed by atoms with E-state index in [1.807, 2.05) is 13.1 Å². The number of nitrogens with one attached hydrogen (secondary N) is 1. The number of rotatable bonds is 3. The number of alkyl halides is 3. The highest BCUT2D eigenvalue weighted by molar-refractivity contribution is 6.04. The normalized spacial score (nSPS) is 16.9. The smallest absolute Gasteiger partial charge is 0.475 e. The molecule has 2 heterocycles. The van der Waals surface area contributed by atoms with Gasteiger partial charge >= 0.3 is 12.1 Å². The molecule has 0 radical (unpaired) electrons. The number of carbonyl (C=O) groups excluding carboxylic acids is 1. The molecule has 2 N–H and O–H groups in total. The first-order valence-electron chi connectivity index (χ1n) is 10.1. The molecule has 1 fully saturated rings. The zero-order valence-electron chi connectivity index (χ0n) is 17.2. The van der Waals surface area contributed by atoms with E-state index in [0.29, 0.717) is 5.56 Å². The van der Waals surface area contributed by atoms with Crippen molar-refractivity contribution in [2.75, 3.05) is 18.4 Å². The highest BCUT2D eigenvalue weighted by Gasteiger charge is 2.38. The molecule has 1 aromatic heterocycles. The van der Waals surface area contributed by atoms with E-state index >= 15 is 0 Å². The minimum atomic E-state index is -5.08. The summed E-state index contributed by atoms with van der Waals surface area (Å²) in [4.78, 5) is 23.8. The molecule has 1 saturated carbocycles. The second kappa shape index (κ2) is 9.51. The maximum absolute atomic E-state index is 12.3. The van der Waals surface area contributed by atoms with E-state index in [4.69, 9.17) is 9.90 Å². The highest BCUT2D eigenvalue weighted by Crippen LogP contribution is 2.28. The molecule has 1 aliphatic heterocycles. The van der Waals surface area contributed by atoms with Gasteiger partial charge < -0.3 is 10.4 Å². The van der Waals surface area contributed by atoms with Crippen molar-refractivity contribution in [1.82, 2.24) is 14.7 Å². The molecule has 168 valence electrons. The number of hydrogen-bond acceptors (Lipinski definition) is 4. The largest absolute Gasteiger partial charge is 0.490 e. The Labute approximate surface area is 177 Å². The van der Waals surface area contributed by atoms with E-state index in [9.17, 15) is 18.0 Å². The molecule has 2 aliphatic rings. The van der Waals surface area contributed by atoms with E-state index in [2.05, 4.69) is 27.4 Å². The summed E-state index contributed by atoms with van der Waals surface area (Å²) in [6, 6.07) is 7.16. The Morgan fingerprint density at radius 1 is 1.16 bits per heavy atom. The minimum Gasteiger partial charge on any atom is -0.475 e. The SMILES string of the molecule is Cn1cc(C(=O)Nc2ccc3c(c2)CCN(C2CCC2)CC3)cn1.O=C(O)C(F)(F)F. The predicted molar refractivity (Wildman–Crippen MR) is 108 cm³/mol. The minimum absolute atomic E-state index is 0.104. The van der Waals surface area contributed by atoms with Crippen LogP contribution in [0.15, 0.2) is 30.6 Å². The Balaban J connectivity index is 0.000000339. The maximum Gasteiger partial charge on any atom is 0.490 e. The lowest BCUT2D eigenvalue weighted by Gasteiger charge is -2.36.